The van der Waals surface area contributed by atoms with Crippen LogP contribution < -0.4 is 10.1 Å². The molecular formula is C22H21F3N2O3S. The number of alkyl halides is 3. The van der Waals surface area contributed by atoms with Crippen molar-refractivity contribution in [3.63, 3.8) is 0 Å². The van der Waals surface area contributed by atoms with Gasteiger partial charge < -0.3 is 14.8 Å². The van der Waals surface area contributed by atoms with Gasteiger partial charge in [-0.05, 0) is 48.5 Å². The van der Waals surface area contributed by atoms with Gasteiger partial charge in [-0.25, -0.2) is 0 Å². The number of carbonyl (C=O) groups excluding carboxylic acids is 1. The lowest BCUT2D eigenvalue weighted by Crippen LogP contribution is -2.33. The number of nitrogens with one attached hydrogen (secondary N) is 1. The summed E-state index contributed by atoms with van der Waals surface area (Å²) >= 11 is 5.35. The number of rotatable bonds is 7. The van der Waals surface area contributed by atoms with Gasteiger partial charge in [0.1, 0.15) is 18.1 Å². The van der Waals surface area contributed by atoms with Crippen LogP contribution in [0.1, 0.15) is 29.7 Å². The summed E-state index contributed by atoms with van der Waals surface area (Å²) < 4.78 is 47.0. The molecule has 1 atom stereocenters. The Labute approximate surface area is 183 Å². The molecule has 1 heterocycles. The van der Waals surface area contributed by atoms with Gasteiger partial charge in [-0.2, -0.15) is 13.2 Å². The number of nitrogens with zero attached hydrogens (tertiary/aromatic N) is 1. The fourth-order valence-electron chi connectivity index (χ4n) is 3.23. The first-order valence-corrected chi connectivity index (χ1v) is 9.83. The van der Waals surface area contributed by atoms with Crippen molar-refractivity contribution in [1.82, 2.24) is 10.2 Å². The standard InChI is InChI=1S/C22H21F3N2O3S/c1-14(16-6-4-3-5-7-16)27-20(28)18(26-21(27)31)11-15-8-9-19(29-2)17(10-15)12-30-13-22(23,24)25/h3-11,14H,12-13H2,1-2H3,(H,26,31)/b18-11-. The lowest BCUT2D eigenvalue weighted by Gasteiger charge is -2.23. The summed E-state index contributed by atoms with van der Waals surface area (Å²) in [6.07, 6.45) is -2.82. The number of hydrogen-bond donors (Lipinski definition) is 1. The summed E-state index contributed by atoms with van der Waals surface area (Å²) in [5.74, 6) is 0.108. The highest BCUT2D eigenvalue weighted by atomic mass is 32.1. The molecule has 1 fully saturated rings. The number of halogens is 3. The molecule has 5 nitrogen and oxygen atoms in total. The van der Waals surface area contributed by atoms with E-state index in [1.807, 2.05) is 37.3 Å². The van der Waals surface area contributed by atoms with Crippen LogP contribution in [0.4, 0.5) is 13.2 Å². The summed E-state index contributed by atoms with van der Waals surface area (Å²) in [5, 5.41) is 3.21. The van der Waals surface area contributed by atoms with Crippen molar-refractivity contribution in [2.45, 2.75) is 25.7 Å². The SMILES string of the molecule is COc1ccc(/C=C2\NC(=S)N(C(C)c3ccccc3)C2=O)cc1COCC(F)(F)F. The van der Waals surface area contributed by atoms with Crippen LogP contribution in [-0.4, -0.2) is 35.8 Å². The van der Waals surface area contributed by atoms with Gasteiger partial charge in [0, 0.05) is 5.56 Å². The van der Waals surface area contributed by atoms with Crippen LogP contribution >= 0.6 is 12.2 Å². The highest BCUT2D eigenvalue weighted by Gasteiger charge is 2.34. The minimum atomic E-state index is -4.42. The van der Waals surface area contributed by atoms with Crippen molar-refractivity contribution in [2.24, 2.45) is 0 Å². The van der Waals surface area contributed by atoms with Gasteiger partial charge in [-0.1, -0.05) is 36.4 Å². The molecule has 0 spiro atoms. The van der Waals surface area contributed by atoms with Gasteiger partial charge in [0.25, 0.3) is 5.91 Å². The molecule has 0 bridgehead atoms. The molecule has 1 N–H and O–H groups in total. The van der Waals surface area contributed by atoms with E-state index in [1.54, 1.807) is 24.3 Å². The highest BCUT2D eigenvalue weighted by Crippen LogP contribution is 2.28. The topological polar surface area (TPSA) is 50.8 Å². The quantitative estimate of drug-likeness (QED) is 0.494. The zero-order chi connectivity index (χ0) is 22.6. The first-order valence-electron chi connectivity index (χ1n) is 9.42. The van der Waals surface area contributed by atoms with E-state index in [0.717, 1.165) is 5.56 Å². The molecule has 1 unspecified atom stereocenters. The van der Waals surface area contributed by atoms with Crippen LogP contribution in [0.25, 0.3) is 6.08 Å². The third kappa shape index (κ3) is 5.62. The summed E-state index contributed by atoms with van der Waals surface area (Å²) in [7, 11) is 1.42. The molecule has 164 valence electrons. The minimum absolute atomic E-state index is 0.262. The highest BCUT2D eigenvalue weighted by molar-refractivity contribution is 7.80. The average Bonchev–Trinajstić information content (AvgIpc) is 3.00. The van der Waals surface area contributed by atoms with Crippen molar-refractivity contribution in [3.05, 3.63) is 70.9 Å². The smallest absolute Gasteiger partial charge is 0.411 e. The number of carbonyl (C=O) groups is 1. The molecular weight excluding hydrogens is 429 g/mol. The molecule has 1 amide bonds. The van der Waals surface area contributed by atoms with E-state index in [-0.39, 0.29) is 29.4 Å². The van der Waals surface area contributed by atoms with Crippen LogP contribution in [0.3, 0.4) is 0 Å². The van der Waals surface area contributed by atoms with Gasteiger partial charge >= 0.3 is 6.18 Å². The molecule has 0 aromatic heterocycles. The van der Waals surface area contributed by atoms with E-state index in [1.165, 1.54) is 12.0 Å². The Kier molecular flexibility index (Phi) is 6.97. The minimum Gasteiger partial charge on any atom is -0.496 e. The lowest BCUT2D eigenvalue weighted by molar-refractivity contribution is -0.176. The first kappa shape index (κ1) is 22.8. The van der Waals surface area contributed by atoms with Gasteiger partial charge in [-0.3, -0.25) is 9.69 Å². The number of hydrogen-bond acceptors (Lipinski definition) is 4. The Morgan fingerprint density at radius 2 is 1.90 bits per heavy atom. The molecule has 3 rings (SSSR count). The molecule has 1 saturated heterocycles. The number of methoxy groups -OCH3 is 1. The fourth-order valence-corrected chi connectivity index (χ4v) is 3.58. The number of ether oxygens (including phenoxy) is 2. The van der Waals surface area contributed by atoms with Crippen LogP contribution in [0.15, 0.2) is 54.2 Å². The maximum atomic E-state index is 13.0. The van der Waals surface area contributed by atoms with Crippen LogP contribution in [0.5, 0.6) is 5.75 Å². The van der Waals surface area contributed by atoms with Crippen molar-refractivity contribution in [1.29, 1.82) is 0 Å². The van der Waals surface area contributed by atoms with Gasteiger partial charge in [0.15, 0.2) is 5.11 Å². The van der Waals surface area contributed by atoms with E-state index in [4.69, 9.17) is 21.7 Å². The van der Waals surface area contributed by atoms with E-state index in [9.17, 15) is 18.0 Å². The van der Waals surface area contributed by atoms with E-state index >= 15 is 0 Å². The zero-order valence-electron chi connectivity index (χ0n) is 16.9. The number of benzene rings is 2. The van der Waals surface area contributed by atoms with Crippen LogP contribution in [-0.2, 0) is 16.1 Å². The summed E-state index contributed by atoms with van der Waals surface area (Å²) in [5.41, 5.74) is 2.25. The third-order valence-electron chi connectivity index (χ3n) is 4.72. The molecule has 2 aromatic carbocycles. The Morgan fingerprint density at radius 3 is 2.55 bits per heavy atom. The van der Waals surface area contributed by atoms with Crippen molar-refractivity contribution in [2.75, 3.05) is 13.7 Å². The van der Waals surface area contributed by atoms with E-state index in [0.29, 0.717) is 16.9 Å². The summed E-state index contributed by atoms with van der Waals surface area (Å²) in [4.78, 5) is 14.5. The van der Waals surface area contributed by atoms with Crippen LogP contribution in [0.2, 0.25) is 0 Å². The Morgan fingerprint density at radius 1 is 1.19 bits per heavy atom. The largest absolute Gasteiger partial charge is 0.496 e. The zero-order valence-corrected chi connectivity index (χ0v) is 17.7. The summed E-state index contributed by atoms with van der Waals surface area (Å²) in [6.45, 7) is 0.242. The average molecular weight is 450 g/mol. The molecule has 31 heavy (non-hydrogen) atoms. The molecule has 1 aliphatic rings. The first-order chi connectivity index (χ1) is 14.7. The van der Waals surface area contributed by atoms with Crippen molar-refractivity contribution >= 4 is 29.3 Å². The van der Waals surface area contributed by atoms with E-state index in [2.05, 4.69) is 5.32 Å². The second-order valence-corrected chi connectivity index (χ2v) is 7.32. The lowest BCUT2D eigenvalue weighted by atomic mass is 10.1. The maximum Gasteiger partial charge on any atom is 0.411 e. The second kappa shape index (κ2) is 9.49. The van der Waals surface area contributed by atoms with E-state index < -0.39 is 12.8 Å². The predicted octanol–water partition coefficient (Wildman–Crippen LogP) is 4.59. The normalized spacial score (nSPS) is 16.5. The van der Waals surface area contributed by atoms with Crippen LogP contribution in [0, 0.1) is 0 Å². The molecule has 0 saturated carbocycles. The number of amides is 1. The van der Waals surface area contributed by atoms with Gasteiger partial charge in [0.05, 0.1) is 19.8 Å². The molecule has 0 aliphatic carbocycles. The number of thiocarbonyl (C=S) groups is 1. The molecule has 9 heteroatoms. The summed E-state index contributed by atoms with van der Waals surface area (Å²) in [6, 6.07) is 14.2. The molecule has 2 aromatic rings. The Bertz CT molecular complexity index is 993. The van der Waals surface area contributed by atoms with Crippen molar-refractivity contribution in [3.8, 4) is 5.75 Å². The third-order valence-corrected chi connectivity index (χ3v) is 5.02. The maximum absolute atomic E-state index is 13.0. The van der Waals surface area contributed by atoms with Gasteiger partial charge in [-0.15, -0.1) is 0 Å². The molecule has 1 aliphatic heterocycles. The monoisotopic (exact) mass is 450 g/mol. The van der Waals surface area contributed by atoms with Gasteiger partial charge in [0.2, 0.25) is 0 Å². The fraction of sp³-hybridized carbons (Fsp3) is 0.273. The second-order valence-electron chi connectivity index (χ2n) is 6.93. The Balaban J connectivity index is 1.80. The Hall–Kier alpha value is -2.91. The predicted molar refractivity (Wildman–Crippen MR) is 114 cm³/mol. The molecule has 0 radical (unpaired) electrons. The van der Waals surface area contributed by atoms with Crippen molar-refractivity contribution < 1.29 is 27.4 Å².